The Morgan fingerprint density at radius 1 is 1.40 bits per heavy atom. The van der Waals surface area contributed by atoms with Gasteiger partial charge in [0.1, 0.15) is 0 Å². The number of carbonyl (C=O) groups is 1. The predicted octanol–water partition coefficient (Wildman–Crippen LogP) is 1.31. The highest BCUT2D eigenvalue weighted by molar-refractivity contribution is 5.76. The number of nitrogens with zero attached hydrogens (tertiary/aromatic N) is 1. The van der Waals surface area contributed by atoms with E-state index in [4.69, 9.17) is 0 Å². The first kappa shape index (κ1) is 10.7. The average molecular weight is 208 g/mol. The maximum absolute atomic E-state index is 11.8. The fourth-order valence-corrected chi connectivity index (χ4v) is 2.59. The van der Waals surface area contributed by atoms with Gasteiger partial charge in [0.15, 0.2) is 0 Å². The zero-order valence-electron chi connectivity index (χ0n) is 9.24. The van der Waals surface area contributed by atoms with Gasteiger partial charge in [0.2, 0.25) is 5.91 Å². The third kappa shape index (κ3) is 2.59. The van der Waals surface area contributed by atoms with Gasteiger partial charge in [-0.15, -0.1) is 6.58 Å². The number of nitrogens with one attached hydrogen (secondary N) is 1. The van der Waals surface area contributed by atoms with Gasteiger partial charge in [-0.3, -0.25) is 4.79 Å². The highest BCUT2D eigenvalue weighted by Gasteiger charge is 2.31. The van der Waals surface area contributed by atoms with Crippen molar-refractivity contribution in [1.82, 2.24) is 10.2 Å². The number of hydrogen-bond acceptors (Lipinski definition) is 2. The summed E-state index contributed by atoms with van der Waals surface area (Å²) in [5.41, 5.74) is 0. The minimum atomic E-state index is 0.299. The molecule has 0 aromatic carbocycles. The maximum Gasteiger partial charge on any atom is 0.222 e. The molecule has 2 fully saturated rings. The Labute approximate surface area is 91.5 Å². The van der Waals surface area contributed by atoms with Crippen LogP contribution in [0.25, 0.3) is 0 Å². The molecule has 0 spiro atoms. The Hall–Kier alpha value is -0.830. The summed E-state index contributed by atoms with van der Waals surface area (Å²) in [4.78, 5) is 13.9. The lowest BCUT2D eigenvalue weighted by atomic mass is 9.94. The molecule has 1 N–H and O–H groups in total. The molecule has 2 atom stereocenters. The van der Waals surface area contributed by atoms with Crippen LogP contribution in [0.1, 0.15) is 32.1 Å². The SMILES string of the molecule is C=CCCC(=O)N1CC2CCCC(C1)N2. The number of hydrogen-bond donors (Lipinski definition) is 1. The van der Waals surface area contributed by atoms with Crippen molar-refractivity contribution in [1.29, 1.82) is 0 Å². The van der Waals surface area contributed by atoms with Crippen LogP contribution >= 0.6 is 0 Å². The Bertz CT molecular complexity index is 240. The summed E-state index contributed by atoms with van der Waals surface area (Å²) in [7, 11) is 0. The quantitative estimate of drug-likeness (QED) is 0.709. The minimum Gasteiger partial charge on any atom is -0.340 e. The standard InChI is InChI=1S/C12H20N2O/c1-2-3-7-12(15)14-8-10-5-4-6-11(9-14)13-10/h2,10-11,13H,1,3-9H2. The smallest absolute Gasteiger partial charge is 0.222 e. The van der Waals surface area contributed by atoms with E-state index in [1.165, 1.54) is 19.3 Å². The van der Waals surface area contributed by atoms with Crippen LogP contribution in [0.15, 0.2) is 12.7 Å². The summed E-state index contributed by atoms with van der Waals surface area (Å²) >= 11 is 0. The van der Waals surface area contributed by atoms with Crippen LogP contribution in [0, 0.1) is 0 Å². The lowest BCUT2D eigenvalue weighted by Gasteiger charge is -2.42. The van der Waals surface area contributed by atoms with Crippen LogP contribution in [0.2, 0.25) is 0 Å². The Kier molecular flexibility index (Phi) is 3.41. The fourth-order valence-electron chi connectivity index (χ4n) is 2.59. The topological polar surface area (TPSA) is 32.3 Å². The van der Waals surface area contributed by atoms with Crippen LogP contribution in [-0.4, -0.2) is 36.0 Å². The van der Waals surface area contributed by atoms with E-state index < -0.39 is 0 Å². The molecule has 0 radical (unpaired) electrons. The van der Waals surface area contributed by atoms with Crippen LogP contribution in [-0.2, 0) is 4.79 Å². The molecule has 0 aromatic rings. The monoisotopic (exact) mass is 208 g/mol. The number of allylic oxidation sites excluding steroid dienone is 1. The summed E-state index contributed by atoms with van der Waals surface area (Å²) in [6.07, 6.45) is 7.02. The van der Waals surface area contributed by atoms with E-state index >= 15 is 0 Å². The van der Waals surface area contributed by atoms with Gasteiger partial charge in [0.25, 0.3) is 0 Å². The van der Waals surface area contributed by atoms with Crippen molar-refractivity contribution in [2.24, 2.45) is 0 Å². The maximum atomic E-state index is 11.8. The first-order chi connectivity index (χ1) is 7.29. The van der Waals surface area contributed by atoms with Gasteiger partial charge in [-0.2, -0.15) is 0 Å². The Balaban J connectivity index is 1.87. The zero-order valence-corrected chi connectivity index (χ0v) is 9.24. The number of fused-ring (bicyclic) bond motifs is 2. The van der Waals surface area contributed by atoms with Gasteiger partial charge in [-0.1, -0.05) is 12.5 Å². The van der Waals surface area contributed by atoms with Gasteiger partial charge >= 0.3 is 0 Å². The second-order valence-electron chi connectivity index (χ2n) is 4.62. The Morgan fingerprint density at radius 2 is 2.07 bits per heavy atom. The number of piperazine rings is 1. The normalized spacial score (nSPS) is 30.0. The summed E-state index contributed by atoms with van der Waals surface area (Å²) in [6.45, 7) is 5.47. The predicted molar refractivity (Wildman–Crippen MR) is 60.6 cm³/mol. The van der Waals surface area contributed by atoms with E-state index in [0.717, 1.165) is 19.5 Å². The van der Waals surface area contributed by atoms with Crippen molar-refractivity contribution in [3.8, 4) is 0 Å². The molecule has 2 saturated heterocycles. The first-order valence-electron chi connectivity index (χ1n) is 5.94. The molecule has 15 heavy (non-hydrogen) atoms. The van der Waals surface area contributed by atoms with Crippen molar-refractivity contribution in [2.45, 2.75) is 44.2 Å². The Morgan fingerprint density at radius 3 is 2.67 bits per heavy atom. The lowest BCUT2D eigenvalue weighted by molar-refractivity contribution is -0.133. The molecule has 0 aromatic heterocycles. The number of amides is 1. The van der Waals surface area contributed by atoms with Crippen LogP contribution in [0.5, 0.6) is 0 Å². The number of rotatable bonds is 3. The first-order valence-corrected chi connectivity index (χ1v) is 5.94. The van der Waals surface area contributed by atoms with Crippen molar-refractivity contribution in [3.63, 3.8) is 0 Å². The molecule has 2 heterocycles. The summed E-state index contributed by atoms with van der Waals surface area (Å²) in [5.74, 6) is 0.299. The van der Waals surface area contributed by atoms with Gasteiger partial charge in [0.05, 0.1) is 0 Å². The van der Waals surface area contributed by atoms with Crippen LogP contribution in [0.4, 0.5) is 0 Å². The van der Waals surface area contributed by atoms with E-state index in [9.17, 15) is 4.79 Å². The van der Waals surface area contributed by atoms with E-state index in [1.807, 2.05) is 11.0 Å². The van der Waals surface area contributed by atoms with Crippen molar-refractivity contribution < 1.29 is 4.79 Å². The van der Waals surface area contributed by atoms with Crippen molar-refractivity contribution >= 4 is 5.91 Å². The molecule has 1 amide bonds. The second kappa shape index (κ2) is 4.79. The average Bonchev–Trinajstić information content (AvgIpc) is 2.25. The molecule has 0 aliphatic carbocycles. The third-order valence-corrected chi connectivity index (χ3v) is 3.37. The van der Waals surface area contributed by atoms with Gasteiger partial charge < -0.3 is 10.2 Å². The molecule has 3 nitrogen and oxygen atoms in total. The van der Waals surface area contributed by atoms with Gasteiger partial charge in [-0.05, 0) is 19.3 Å². The summed E-state index contributed by atoms with van der Waals surface area (Å²) in [6, 6.07) is 1.09. The van der Waals surface area contributed by atoms with Crippen LogP contribution < -0.4 is 5.32 Å². The molecule has 84 valence electrons. The number of likely N-dealkylation sites (tertiary alicyclic amines) is 1. The minimum absolute atomic E-state index is 0.299. The van der Waals surface area contributed by atoms with Gasteiger partial charge in [-0.25, -0.2) is 0 Å². The van der Waals surface area contributed by atoms with Crippen LogP contribution in [0.3, 0.4) is 0 Å². The van der Waals surface area contributed by atoms with E-state index in [0.29, 0.717) is 24.4 Å². The highest BCUT2D eigenvalue weighted by Crippen LogP contribution is 2.20. The third-order valence-electron chi connectivity index (χ3n) is 3.37. The van der Waals surface area contributed by atoms with Gasteiger partial charge in [0, 0.05) is 31.6 Å². The van der Waals surface area contributed by atoms with E-state index in [1.54, 1.807) is 0 Å². The molecular weight excluding hydrogens is 188 g/mol. The molecule has 2 aliphatic heterocycles. The molecule has 2 bridgehead atoms. The molecule has 3 heteroatoms. The van der Waals surface area contributed by atoms with Crippen molar-refractivity contribution in [3.05, 3.63) is 12.7 Å². The molecular formula is C12H20N2O. The van der Waals surface area contributed by atoms with E-state index in [2.05, 4.69) is 11.9 Å². The largest absolute Gasteiger partial charge is 0.340 e. The molecule has 2 aliphatic rings. The second-order valence-corrected chi connectivity index (χ2v) is 4.62. The summed E-state index contributed by atoms with van der Waals surface area (Å²) < 4.78 is 0. The fraction of sp³-hybridized carbons (Fsp3) is 0.750. The number of carbonyl (C=O) groups excluding carboxylic acids is 1. The molecule has 2 unspecified atom stereocenters. The van der Waals surface area contributed by atoms with E-state index in [-0.39, 0.29) is 0 Å². The summed E-state index contributed by atoms with van der Waals surface area (Å²) in [5, 5.41) is 3.58. The lowest BCUT2D eigenvalue weighted by Crippen LogP contribution is -2.59. The number of piperidine rings is 1. The molecule has 2 rings (SSSR count). The highest BCUT2D eigenvalue weighted by atomic mass is 16.2. The van der Waals surface area contributed by atoms with Crippen molar-refractivity contribution in [2.75, 3.05) is 13.1 Å². The molecule has 0 saturated carbocycles. The zero-order chi connectivity index (χ0) is 10.7.